The van der Waals surface area contributed by atoms with Gasteiger partial charge in [0, 0.05) is 19.0 Å². The molecule has 1 fully saturated rings. The lowest BCUT2D eigenvalue weighted by molar-refractivity contribution is -0.117. The third-order valence-corrected chi connectivity index (χ3v) is 5.19. The first-order chi connectivity index (χ1) is 12.4. The molecule has 1 aromatic carbocycles. The molecule has 0 saturated carbocycles. The van der Waals surface area contributed by atoms with Crippen LogP contribution in [-0.4, -0.2) is 48.1 Å². The minimum absolute atomic E-state index is 0.0972. The summed E-state index contributed by atoms with van der Waals surface area (Å²) in [6, 6.07) is 5.86. The fourth-order valence-electron chi connectivity index (χ4n) is 3.93. The highest BCUT2D eigenvalue weighted by Crippen LogP contribution is 2.33. The topological polar surface area (TPSA) is 63.6 Å². The van der Waals surface area contributed by atoms with Crippen LogP contribution in [0.5, 0.6) is 0 Å². The fraction of sp³-hybridized carbons (Fsp3) is 0.500. The highest BCUT2D eigenvalue weighted by Gasteiger charge is 2.25. The van der Waals surface area contributed by atoms with Crippen molar-refractivity contribution in [2.45, 2.75) is 26.7 Å². The number of esters is 1. The van der Waals surface area contributed by atoms with E-state index in [4.69, 9.17) is 4.74 Å². The van der Waals surface area contributed by atoms with E-state index in [0.29, 0.717) is 23.8 Å². The second kappa shape index (κ2) is 7.50. The van der Waals surface area contributed by atoms with Crippen LogP contribution >= 0.6 is 0 Å². The Hall–Kier alpha value is -2.34. The van der Waals surface area contributed by atoms with Crippen LogP contribution in [0.15, 0.2) is 18.2 Å². The molecule has 0 bridgehead atoms. The molecule has 0 spiro atoms. The van der Waals surface area contributed by atoms with Crippen molar-refractivity contribution < 1.29 is 14.3 Å². The Kier molecular flexibility index (Phi) is 5.32. The van der Waals surface area contributed by atoms with Crippen LogP contribution in [0.4, 0.5) is 5.69 Å². The van der Waals surface area contributed by atoms with Gasteiger partial charge in [0.05, 0.1) is 24.9 Å². The number of rotatable bonds is 4. The summed E-state index contributed by atoms with van der Waals surface area (Å²) in [5.41, 5.74) is 2.82. The number of nitrogens with zero attached hydrogens (tertiary/aromatic N) is 2. The standard InChI is InChI=1S/C20H27N3O3/c1-13-7-6-10-23(11-13)12-16(24)21-18-17-14(2)8-5-9-15(17)22(3)19(18)20(25)26-4/h5,8-9,13H,6-7,10-12H2,1-4H3,(H,21,24)/t13-/m0/s1. The maximum atomic E-state index is 12.7. The predicted molar refractivity (Wildman–Crippen MR) is 102 cm³/mol. The molecular weight excluding hydrogens is 330 g/mol. The predicted octanol–water partition coefficient (Wildman–Crippen LogP) is 2.94. The first-order valence-corrected chi connectivity index (χ1v) is 9.11. The van der Waals surface area contributed by atoms with E-state index in [0.717, 1.165) is 36.0 Å². The van der Waals surface area contributed by atoms with Crippen LogP contribution < -0.4 is 5.32 Å². The Morgan fingerprint density at radius 1 is 1.35 bits per heavy atom. The number of aromatic nitrogens is 1. The minimum Gasteiger partial charge on any atom is -0.464 e. The quantitative estimate of drug-likeness (QED) is 0.855. The zero-order valence-corrected chi connectivity index (χ0v) is 16.0. The number of piperidine rings is 1. The smallest absolute Gasteiger partial charge is 0.356 e. The molecule has 6 nitrogen and oxygen atoms in total. The molecule has 140 valence electrons. The fourth-order valence-corrected chi connectivity index (χ4v) is 3.93. The summed E-state index contributed by atoms with van der Waals surface area (Å²) in [5, 5.41) is 3.88. The van der Waals surface area contributed by atoms with Crippen molar-refractivity contribution >= 4 is 28.5 Å². The third-order valence-electron chi connectivity index (χ3n) is 5.19. The van der Waals surface area contributed by atoms with Crippen LogP contribution in [0.3, 0.4) is 0 Å². The zero-order valence-electron chi connectivity index (χ0n) is 16.0. The number of methoxy groups -OCH3 is 1. The highest BCUT2D eigenvalue weighted by molar-refractivity contribution is 6.12. The molecule has 0 radical (unpaired) electrons. The number of hydrogen-bond acceptors (Lipinski definition) is 4. The number of hydrogen-bond donors (Lipinski definition) is 1. The summed E-state index contributed by atoms with van der Waals surface area (Å²) in [5.74, 6) is 0.0620. The third kappa shape index (κ3) is 3.46. The second-order valence-corrected chi connectivity index (χ2v) is 7.27. The van der Waals surface area contributed by atoms with Crippen LogP contribution in [0.1, 0.15) is 35.8 Å². The van der Waals surface area contributed by atoms with Crippen molar-refractivity contribution in [3.05, 3.63) is 29.5 Å². The van der Waals surface area contributed by atoms with Gasteiger partial charge in [-0.2, -0.15) is 0 Å². The SMILES string of the molecule is COC(=O)c1c(NC(=O)CN2CCC[C@H](C)C2)c2c(C)cccc2n1C. The molecule has 1 N–H and O–H groups in total. The number of fused-ring (bicyclic) bond motifs is 1. The van der Waals surface area contributed by atoms with E-state index in [-0.39, 0.29) is 5.91 Å². The second-order valence-electron chi connectivity index (χ2n) is 7.27. The van der Waals surface area contributed by atoms with Crippen LogP contribution in [0.25, 0.3) is 10.9 Å². The molecule has 26 heavy (non-hydrogen) atoms. The van der Waals surface area contributed by atoms with E-state index < -0.39 is 5.97 Å². The first kappa shape index (κ1) is 18.5. The molecule has 1 saturated heterocycles. The molecule has 3 rings (SSSR count). The zero-order chi connectivity index (χ0) is 18.8. The number of carbonyl (C=O) groups is 2. The molecule has 0 aliphatic carbocycles. The van der Waals surface area contributed by atoms with Crippen molar-refractivity contribution in [2.75, 3.05) is 32.1 Å². The van der Waals surface area contributed by atoms with Crippen molar-refractivity contribution in [3.63, 3.8) is 0 Å². The van der Waals surface area contributed by atoms with Gasteiger partial charge in [-0.05, 0) is 43.9 Å². The maximum absolute atomic E-state index is 12.7. The number of likely N-dealkylation sites (tertiary alicyclic amines) is 1. The van der Waals surface area contributed by atoms with Crippen LogP contribution in [0.2, 0.25) is 0 Å². The molecule has 1 aliphatic heterocycles. The normalized spacial score (nSPS) is 18.1. The minimum atomic E-state index is -0.454. The molecule has 0 unspecified atom stereocenters. The van der Waals surface area contributed by atoms with Gasteiger partial charge in [0.2, 0.25) is 5.91 Å². The summed E-state index contributed by atoms with van der Waals surface area (Å²) >= 11 is 0. The van der Waals surface area contributed by atoms with Crippen molar-refractivity contribution in [3.8, 4) is 0 Å². The lowest BCUT2D eigenvalue weighted by atomic mass is 10.0. The number of aryl methyl sites for hydroxylation is 2. The Bertz CT molecular complexity index is 840. The van der Waals surface area contributed by atoms with Crippen LogP contribution in [0, 0.1) is 12.8 Å². The van der Waals surface area contributed by atoms with Gasteiger partial charge in [0.15, 0.2) is 5.69 Å². The van der Waals surface area contributed by atoms with Gasteiger partial charge in [-0.3, -0.25) is 9.69 Å². The number of benzene rings is 1. The maximum Gasteiger partial charge on any atom is 0.356 e. The lowest BCUT2D eigenvalue weighted by Crippen LogP contribution is -2.39. The van der Waals surface area contributed by atoms with E-state index in [1.807, 2.05) is 32.2 Å². The van der Waals surface area contributed by atoms with Gasteiger partial charge in [0.1, 0.15) is 0 Å². The van der Waals surface area contributed by atoms with E-state index in [9.17, 15) is 9.59 Å². The number of amides is 1. The van der Waals surface area contributed by atoms with E-state index >= 15 is 0 Å². The Labute approximate surface area is 154 Å². The van der Waals surface area contributed by atoms with Crippen LogP contribution in [-0.2, 0) is 16.6 Å². The van der Waals surface area contributed by atoms with Gasteiger partial charge in [-0.15, -0.1) is 0 Å². The number of anilines is 1. The summed E-state index contributed by atoms with van der Waals surface area (Å²) in [6.07, 6.45) is 2.34. The van der Waals surface area contributed by atoms with Crippen molar-refractivity contribution in [2.24, 2.45) is 13.0 Å². The Morgan fingerprint density at radius 3 is 2.81 bits per heavy atom. The molecule has 1 amide bonds. The lowest BCUT2D eigenvalue weighted by Gasteiger charge is -2.30. The number of carbonyl (C=O) groups excluding carboxylic acids is 2. The summed E-state index contributed by atoms with van der Waals surface area (Å²) < 4.78 is 6.74. The Balaban J connectivity index is 1.93. The van der Waals surface area contributed by atoms with Gasteiger partial charge in [-0.1, -0.05) is 19.1 Å². The molecule has 1 aromatic heterocycles. The van der Waals surface area contributed by atoms with E-state index in [1.165, 1.54) is 13.5 Å². The van der Waals surface area contributed by atoms with Gasteiger partial charge in [-0.25, -0.2) is 4.79 Å². The largest absolute Gasteiger partial charge is 0.464 e. The Morgan fingerprint density at radius 2 is 2.12 bits per heavy atom. The average molecular weight is 357 g/mol. The van der Waals surface area contributed by atoms with Crippen molar-refractivity contribution in [1.82, 2.24) is 9.47 Å². The molecule has 2 aromatic rings. The highest BCUT2D eigenvalue weighted by atomic mass is 16.5. The first-order valence-electron chi connectivity index (χ1n) is 9.11. The van der Waals surface area contributed by atoms with Gasteiger partial charge < -0.3 is 14.6 Å². The molecule has 2 heterocycles. The van der Waals surface area contributed by atoms with E-state index in [1.54, 1.807) is 4.57 Å². The summed E-state index contributed by atoms with van der Waals surface area (Å²) in [4.78, 5) is 27.2. The van der Waals surface area contributed by atoms with Crippen molar-refractivity contribution in [1.29, 1.82) is 0 Å². The molecule has 1 atom stereocenters. The number of ether oxygens (including phenoxy) is 1. The summed E-state index contributed by atoms with van der Waals surface area (Å²) in [7, 11) is 3.17. The van der Waals surface area contributed by atoms with Gasteiger partial charge in [0.25, 0.3) is 0 Å². The van der Waals surface area contributed by atoms with E-state index in [2.05, 4.69) is 17.1 Å². The molecule has 1 aliphatic rings. The molecule has 6 heteroatoms. The molecular formula is C20H27N3O3. The average Bonchev–Trinajstić information content (AvgIpc) is 2.87. The monoisotopic (exact) mass is 357 g/mol. The number of nitrogens with one attached hydrogen (secondary N) is 1. The van der Waals surface area contributed by atoms with Gasteiger partial charge >= 0.3 is 5.97 Å². The summed E-state index contributed by atoms with van der Waals surface area (Å²) in [6.45, 7) is 6.41.